The minimum absolute atomic E-state index is 0.173. The third-order valence-corrected chi connectivity index (χ3v) is 5.01. The van der Waals surface area contributed by atoms with Gasteiger partial charge in [-0.25, -0.2) is 4.98 Å². The average molecular weight is 395 g/mol. The summed E-state index contributed by atoms with van der Waals surface area (Å²) in [6.45, 7) is 1.88. The number of aromatic nitrogens is 2. The number of hydrogen-bond acceptors (Lipinski definition) is 6. The van der Waals surface area contributed by atoms with Crippen molar-refractivity contribution in [3.63, 3.8) is 0 Å². The number of rotatable bonds is 5. The van der Waals surface area contributed by atoms with Crippen LogP contribution in [0.15, 0.2) is 42.5 Å². The highest BCUT2D eigenvalue weighted by molar-refractivity contribution is 6.07. The van der Waals surface area contributed by atoms with Crippen molar-refractivity contribution in [3.05, 3.63) is 48.0 Å². The summed E-state index contributed by atoms with van der Waals surface area (Å²) in [4.78, 5) is 30.2. The maximum atomic E-state index is 12.9. The topological polar surface area (TPSA) is 91.7 Å². The number of methoxy groups -OCH3 is 2. The van der Waals surface area contributed by atoms with Crippen LogP contribution in [0, 0.1) is 5.92 Å². The molecule has 1 aromatic heterocycles. The molecule has 2 atom stereocenters. The molecule has 150 valence electrons. The number of benzene rings is 2. The molecule has 0 fully saturated rings. The summed E-state index contributed by atoms with van der Waals surface area (Å²) in [7, 11) is 3.10. The Morgan fingerprint density at radius 3 is 2.69 bits per heavy atom. The Labute approximate surface area is 167 Å². The standard InChI is InChI=1S/C21H21N3O5/c1-4-29-20(26)17-18(13-10-9-12(27-2)11-16(13)28-3)24-15-8-6-5-7-14(15)22-21(24)23-19(17)25/h5-11,17-18H,4H2,1-3H3,(H,22,23,25)/t17-,18+/m0/s1. The van der Waals surface area contributed by atoms with Gasteiger partial charge in [0.05, 0.1) is 37.9 Å². The molecule has 1 aliphatic heterocycles. The molecule has 0 unspecified atom stereocenters. The zero-order valence-electron chi connectivity index (χ0n) is 16.3. The van der Waals surface area contributed by atoms with Crippen LogP contribution in [-0.4, -0.2) is 42.3 Å². The van der Waals surface area contributed by atoms with E-state index in [1.165, 1.54) is 7.11 Å². The number of amides is 1. The highest BCUT2D eigenvalue weighted by Crippen LogP contribution is 2.42. The number of nitrogens with one attached hydrogen (secondary N) is 1. The summed E-state index contributed by atoms with van der Waals surface area (Å²) < 4.78 is 17.9. The van der Waals surface area contributed by atoms with E-state index in [1.54, 1.807) is 32.2 Å². The van der Waals surface area contributed by atoms with Crippen molar-refractivity contribution in [2.45, 2.75) is 13.0 Å². The van der Waals surface area contributed by atoms with Gasteiger partial charge in [0, 0.05) is 11.6 Å². The number of esters is 1. The Hall–Kier alpha value is -3.55. The molecule has 0 radical (unpaired) electrons. The van der Waals surface area contributed by atoms with Crippen molar-refractivity contribution in [2.75, 3.05) is 26.1 Å². The third kappa shape index (κ3) is 3.06. The highest BCUT2D eigenvalue weighted by atomic mass is 16.5. The summed E-state index contributed by atoms with van der Waals surface area (Å²) >= 11 is 0. The predicted molar refractivity (Wildman–Crippen MR) is 106 cm³/mol. The Kier molecular flexibility index (Phi) is 4.84. The van der Waals surface area contributed by atoms with E-state index in [2.05, 4.69) is 10.3 Å². The number of nitrogens with zero attached hydrogens (tertiary/aromatic N) is 2. The van der Waals surface area contributed by atoms with Crippen LogP contribution in [0.3, 0.4) is 0 Å². The normalized spacial score (nSPS) is 18.1. The molecule has 0 aliphatic carbocycles. The summed E-state index contributed by atoms with van der Waals surface area (Å²) in [6.07, 6.45) is 0. The van der Waals surface area contributed by atoms with Crippen LogP contribution >= 0.6 is 0 Å². The van der Waals surface area contributed by atoms with Gasteiger partial charge in [0.25, 0.3) is 0 Å². The largest absolute Gasteiger partial charge is 0.497 e. The van der Waals surface area contributed by atoms with Crippen LogP contribution in [0.2, 0.25) is 0 Å². The van der Waals surface area contributed by atoms with Gasteiger partial charge in [-0.2, -0.15) is 0 Å². The van der Waals surface area contributed by atoms with Gasteiger partial charge >= 0.3 is 5.97 Å². The smallest absolute Gasteiger partial charge is 0.321 e. The lowest BCUT2D eigenvalue weighted by atomic mass is 9.89. The SMILES string of the molecule is CCOC(=O)[C@@H]1C(=O)Nc2nc3ccccc3n2[C@@H]1c1ccc(OC)cc1OC. The van der Waals surface area contributed by atoms with Gasteiger partial charge in [0.15, 0.2) is 5.92 Å². The lowest BCUT2D eigenvalue weighted by Gasteiger charge is -2.33. The van der Waals surface area contributed by atoms with Crippen LogP contribution in [-0.2, 0) is 14.3 Å². The van der Waals surface area contributed by atoms with Crippen LogP contribution in [0.1, 0.15) is 18.5 Å². The van der Waals surface area contributed by atoms with E-state index >= 15 is 0 Å². The molecule has 8 nitrogen and oxygen atoms in total. The van der Waals surface area contributed by atoms with Crippen LogP contribution in [0.4, 0.5) is 5.95 Å². The van der Waals surface area contributed by atoms with Gasteiger partial charge < -0.3 is 18.8 Å². The van der Waals surface area contributed by atoms with Crippen LogP contribution in [0.5, 0.6) is 11.5 Å². The number of para-hydroxylation sites is 2. The molecule has 0 saturated carbocycles. The molecule has 8 heteroatoms. The van der Waals surface area contributed by atoms with E-state index in [4.69, 9.17) is 14.2 Å². The Morgan fingerprint density at radius 1 is 1.17 bits per heavy atom. The maximum absolute atomic E-state index is 12.9. The van der Waals surface area contributed by atoms with E-state index in [-0.39, 0.29) is 6.61 Å². The van der Waals surface area contributed by atoms with Crippen molar-refractivity contribution >= 4 is 28.9 Å². The van der Waals surface area contributed by atoms with Gasteiger partial charge in [0.2, 0.25) is 11.9 Å². The molecule has 1 amide bonds. The second-order valence-electron chi connectivity index (χ2n) is 6.57. The van der Waals surface area contributed by atoms with Gasteiger partial charge in [-0.15, -0.1) is 0 Å². The second-order valence-corrected chi connectivity index (χ2v) is 6.57. The molecule has 4 rings (SSSR count). The molecule has 0 spiro atoms. The van der Waals surface area contributed by atoms with Gasteiger partial charge in [-0.3, -0.25) is 14.9 Å². The third-order valence-electron chi connectivity index (χ3n) is 5.01. The number of carbonyl (C=O) groups excluding carboxylic acids is 2. The summed E-state index contributed by atoms with van der Waals surface area (Å²) in [5.41, 5.74) is 2.16. The first-order valence-corrected chi connectivity index (χ1v) is 9.25. The van der Waals surface area contributed by atoms with Crippen molar-refractivity contribution in [3.8, 4) is 11.5 Å². The average Bonchev–Trinajstić information content (AvgIpc) is 3.10. The highest BCUT2D eigenvalue weighted by Gasteiger charge is 2.45. The summed E-state index contributed by atoms with van der Waals surface area (Å²) in [5, 5.41) is 2.75. The fourth-order valence-electron chi connectivity index (χ4n) is 3.74. The van der Waals surface area contributed by atoms with E-state index < -0.39 is 23.8 Å². The van der Waals surface area contributed by atoms with Gasteiger partial charge in [-0.1, -0.05) is 12.1 Å². The molecule has 2 heterocycles. The molecular formula is C21H21N3O5. The minimum Gasteiger partial charge on any atom is -0.497 e. The van der Waals surface area contributed by atoms with E-state index in [9.17, 15) is 9.59 Å². The number of hydrogen-bond donors (Lipinski definition) is 1. The molecule has 0 bridgehead atoms. The van der Waals surface area contributed by atoms with E-state index in [0.717, 1.165) is 5.52 Å². The molecule has 2 aromatic carbocycles. The fourth-order valence-corrected chi connectivity index (χ4v) is 3.74. The predicted octanol–water partition coefficient (Wildman–Crippen LogP) is 2.77. The first kappa shape index (κ1) is 18.8. The number of carbonyl (C=O) groups is 2. The molecule has 3 aromatic rings. The Morgan fingerprint density at radius 2 is 1.97 bits per heavy atom. The van der Waals surface area contributed by atoms with Gasteiger partial charge in [-0.05, 0) is 31.2 Å². The van der Waals surface area contributed by atoms with Crippen LogP contribution < -0.4 is 14.8 Å². The lowest BCUT2D eigenvalue weighted by molar-refractivity contribution is -0.152. The molecule has 29 heavy (non-hydrogen) atoms. The van der Waals surface area contributed by atoms with Crippen molar-refractivity contribution in [1.29, 1.82) is 0 Å². The van der Waals surface area contributed by atoms with E-state index in [0.29, 0.717) is 28.5 Å². The summed E-state index contributed by atoms with van der Waals surface area (Å²) in [5.74, 6) is -0.677. The summed E-state index contributed by atoms with van der Waals surface area (Å²) in [6, 6.07) is 12.1. The zero-order valence-corrected chi connectivity index (χ0v) is 16.3. The number of fused-ring (bicyclic) bond motifs is 3. The van der Waals surface area contributed by atoms with Crippen LogP contribution in [0.25, 0.3) is 11.0 Å². The maximum Gasteiger partial charge on any atom is 0.321 e. The second kappa shape index (κ2) is 7.46. The van der Waals surface area contributed by atoms with Crippen molar-refractivity contribution < 1.29 is 23.8 Å². The molecule has 0 saturated heterocycles. The Balaban J connectivity index is 1.98. The zero-order chi connectivity index (χ0) is 20.5. The molecule has 1 aliphatic rings. The van der Waals surface area contributed by atoms with Crippen molar-refractivity contribution in [1.82, 2.24) is 9.55 Å². The minimum atomic E-state index is -1.10. The lowest BCUT2D eigenvalue weighted by Crippen LogP contribution is -2.43. The fraction of sp³-hybridized carbons (Fsp3) is 0.286. The number of imidazole rings is 1. The van der Waals surface area contributed by atoms with Crippen molar-refractivity contribution in [2.24, 2.45) is 5.92 Å². The monoisotopic (exact) mass is 395 g/mol. The first-order chi connectivity index (χ1) is 14.1. The first-order valence-electron chi connectivity index (χ1n) is 9.25. The molecule has 1 N–H and O–H groups in total. The molecular weight excluding hydrogens is 374 g/mol. The quantitative estimate of drug-likeness (QED) is 0.528. The number of anilines is 1. The van der Waals surface area contributed by atoms with Gasteiger partial charge in [0.1, 0.15) is 11.5 Å². The Bertz CT molecular complexity index is 1090. The van der Waals surface area contributed by atoms with E-state index in [1.807, 2.05) is 28.8 Å². The number of ether oxygens (including phenoxy) is 3.